The molecule has 0 bridgehead atoms. The highest BCUT2D eigenvalue weighted by Crippen LogP contribution is 2.28. The lowest BCUT2D eigenvalue weighted by Gasteiger charge is -2.16. The third-order valence-electron chi connectivity index (χ3n) is 3.23. The van der Waals surface area contributed by atoms with Crippen LogP contribution in [0.5, 0.6) is 5.75 Å². The topological polar surface area (TPSA) is 93.4 Å². The van der Waals surface area contributed by atoms with Gasteiger partial charge in [-0.25, -0.2) is 4.79 Å². The summed E-state index contributed by atoms with van der Waals surface area (Å²) in [5.74, 6) is 0.0700. The molecule has 2 rings (SSSR count). The first kappa shape index (κ1) is 18.9. The largest absolute Gasteiger partial charge is 0.479 e. The molecule has 132 valence electrons. The lowest BCUT2D eigenvalue weighted by molar-refractivity contribution is -0.127. The Hall–Kier alpha value is -2.44. The summed E-state index contributed by atoms with van der Waals surface area (Å²) in [6, 6.07) is 11.1. The van der Waals surface area contributed by atoms with E-state index < -0.39 is 12.1 Å². The lowest BCUT2D eigenvalue weighted by Crippen LogP contribution is -2.36. The molecule has 0 aliphatic heterocycles. The van der Waals surface area contributed by atoms with Crippen LogP contribution in [-0.2, 0) is 11.3 Å². The van der Waals surface area contributed by atoms with Gasteiger partial charge in [0.2, 0.25) is 0 Å². The van der Waals surface area contributed by atoms with Gasteiger partial charge < -0.3 is 21.1 Å². The number of halogens is 2. The van der Waals surface area contributed by atoms with E-state index in [0.29, 0.717) is 21.5 Å². The molecule has 0 aromatic heterocycles. The summed E-state index contributed by atoms with van der Waals surface area (Å²) in [4.78, 5) is 23.0. The molecule has 0 heterocycles. The molecule has 2 aromatic rings. The first-order chi connectivity index (χ1) is 11.8. The van der Waals surface area contributed by atoms with Gasteiger partial charge in [-0.1, -0.05) is 35.3 Å². The van der Waals surface area contributed by atoms with Gasteiger partial charge in [-0.3, -0.25) is 4.79 Å². The van der Waals surface area contributed by atoms with E-state index in [9.17, 15) is 9.59 Å². The highest BCUT2D eigenvalue weighted by molar-refractivity contribution is 6.35. The average molecular weight is 382 g/mol. The van der Waals surface area contributed by atoms with Gasteiger partial charge in [0, 0.05) is 17.3 Å². The second kappa shape index (κ2) is 8.60. The maximum Gasteiger partial charge on any atom is 0.316 e. The van der Waals surface area contributed by atoms with E-state index in [1.54, 1.807) is 43.3 Å². The number of urea groups is 1. The first-order valence-electron chi connectivity index (χ1n) is 7.40. The van der Waals surface area contributed by atoms with E-state index in [4.69, 9.17) is 33.7 Å². The zero-order valence-electron chi connectivity index (χ0n) is 13.4. The van der Waals surface area contributed by atoms with Crippen LogP contribution in [0.3, 0.4) is 0 Å². The summed E-state index contributed by atoms with van der Waals surface area (Å²) in [5.41, 5.74) is 6.43. The fourth-order valence-electron chi connectivity index (χ4n) is 2.05. The quantitative estimate of drug-likeness (QED) is 0.713. The number of nitrogens with two attached hydrogens (primary N) is 1. The van der Waals surface area contributed by atoms with Crippen molar-refractivity contribution in [3.8, 4) is 5.75 Å². The van der Waals surface area contributed by atoms with Crippen LogP contribution in [0.2, 0.25) is 10.0 Å². The molecule has 4 N–H and O–H groups in total. The van der Waals surface area contributed by atoms with E-state index in [1.165, 1.54) is 0 Å². The molecule has 25 heavy (non-hydrogen) atoms. The van der Waals surface area contributed by atoms with Crippen molar-refractivity contribution in [3.05, 3.63) is 58.1 Å². The van der Waals surface area contributed by atoms with Crippen molar-refractivity contribution < 1.29 is 14.3 Å². The maximum atomic E-state index is 12.2. The number of amides is 3. The third-order valence-corrected chi connectivity index (χ3v) is 3.76. The van der Waals surface area contributed by atoms with Crippen LogP contribution in [0.4, 0.5) is 10.5 Å². The summed E-state index contributed by atoms with van der Waals surface area (Å²) in [5, 5.41) is 6.04. The van der Waals surface area contributed by atoms with Crippen molar-refractivity contribution in [1.82, 2.24) is 5.32 Å². The fraction of sp³-hybridized carbons (Fsp3) is 0.176. The second-order valence-corrected chi connectivity index (χ2v) is 6.09. The van der Waals surface area contributed by atoms with Crippen LogP contribution >= 0.6 is 23.2 Å². The highest BCUT2D eigenvalue weighted by Gasteiger charge is 2.16. The van der Waals surface area contributed by atoms with Crippen molar-refractivity contribution in [1.29, 1.82) is 0 Å². The Kier molecular flexibility index (Phi) is 6.50. The summed E-state index contributed by atoms with van der Waals surface area (Å²) in [6.07, 6.45) is -0.745. The summed E-state index contributed by atoms with van der Waals surface area (Å²) >= 11 is 11.8. The van der Waals surface area contributed by atoms with Crippen molar-refractivity contribution in [2.45, 2.75) is 19.6 Å². The lowest BCUT2D eigenvalue weighted by atomic mass is 10.2. The van der Waals surface area contributed by atoms with Crippen LogP contribution in [0.15, 0.2) is 42.5 Å². The summed E-state index contributed by atoms with van der Waals surface area (Å²) in [7, 11) is 0. The Morgan fingerprint density at radius 1 is 1.20 bits per heavy atom. The van der Waals surface area contributed by atoms with Gasteiger partial charge in [-0.2, -0.15) is 0 Å². The average Bonchev–Trinajstić information content (AvgIpc) is 2.55. The van der Waals surface area contributed by atoms with Crippen LogP contribution in [0.25, 0.3) is 0 Å². The van der Waals surface area contributed by atoms with Crippen molar-refractivity contribution in [2.75, 3.05) is 5.32 Å². The van der Waals surface area contributed by atoms with Crippen LogP contribution < -0.4 is 21.1 Å². The fourth-order valence-corrected chi connectivity index (χ4v) is 2.50. The van der Waals surface area contributed by atoms with Gasteiger partial charge in [0.05, 0.1) is 5.02 Å². The Bertz CT molecular complexity index is 783. The minimum absolute atomic E-state index is 0.273. The third kappa shape index (κ3) is 5.85. The number of rotatable bonds is 6. The Morgan fingerprint density at radius 3 is 2.64 bits per heavy atom. The zero-order valence-corrected chi connectivity index (χ0v) is 14.9. The Balaban J connectivity index is 1.92. The molecular weight excluding hydrogens is 365 g/mol. The van der Waals surface area contributed by atoms with Crippen LogP contribution in [-0.4, -0.2) is 18.0 Å². The smallest absolute Gasteiger partial charge is 0.316 e. The van der Waals surface area contributed by atoms with E-state index in [0.717, 1.165) is 5.56 Å². The molecular formula is C17H17Cl2N3O3. The van der Waals surface area contributed by atoms with E-state index in [2.05, 4.69) is 10.6 Å². The van der Waals surface area contributed by atoms with Crippen LogP contribution in [0.1, 0.15) is 12.5 Å². The number of ether oxygens (including phenoxy) is 1. The van der Waals surface area contributed by atoms with Gasteiger partial charge >= 0.3 is 6.03 Å². The number of primary amides is 1. The molecule has 0 fully saturated rings. The van der Waals surface area contributed by atoms with E-state index in [1.807, 2.05) is 6.07 Å². The Morgan fingerprint density at radius 2 is 1.96 bits per heavy atom. The number of nitrogens with one attached hydrogen (secondary N) is 2. The standard InChI is InChI=1S/C17H17Cl2N3O3/c1-10(25-15-6-5-12(18)8-14(15)19)16(23)21-9-11-3-2-4-13(7-11)22-17(20)24/h2-8,10H,9H2,1H3,(H,21,23)(H3,20,22,24). The monoisotopic (exact) mass is 381 g/mol. The van der Waals surface area contributed by atoms with Gasteiger partial charge in [-0.15, -0.1) is 0 Å². The molecule has 6 nitrogen and oxygen atoms in total. The molecule has 8 heteroatoms. The summed E-state index contributed by atoms with van der Waals surface area (Å²) in [6.45, 7) is 1.89. The SMILES string of the molecule is CC(Oc1ccc(Cl)cc1Cl)C(=O)NCc1cccc(NC(N)=O)c1. The van der Waals surface area contributed by atoms with E-state index in [-0.39, 0.29) is 12.5 Å². The van der Waals surface area contributed by atoms with Crippen molar-refractivity contribution in [2.24, 2.45) is 5.73 Å². The number of benzene rings is 2. The van der Waals surface area contributed by atoms with Gasteiger partial charge in [-0.05, 0) is 42.8 Å². The Labute approximate surface area is 155 Å². The molecule has 1 unspecified atom stereocenters. The predicted molar refractivity (Wildman–Crippen MR) is 98.0 cm³/mol. The number of anilines is 1. The predicted octanol–water partition coefficient (Wildman–Crippen LogP) is 3.57. The maximum absolute atomic E-state index is 12.2. The molecule has 0 radical (unpaired) electrons. The molecule has 0 saturated heterocycles. The normalized spacial score (nSPS) is 11.5. The first-order valence-corrected chi connectivity index (χ1v) is 8.15. The minimum atomic E-state index is -0.745. The molecule has 0 aliphatic carbocycles. The molecule has 0 aliphatic rings. The molecule has 3 amide bonds. The zero-order chi connectivity index (χ0) is 18.4. The van der Waals surface area contributed by atoms with Crippen LogP contribution in [0, 0.1) is 0 Å². The molecule has 2 aromatic carbocycles. The van der Waals surface area contributed by atoms with Gasteiger partial charge in [0.1, 0.15) is 5.75 Å². The van der Waals surface area contributed by atoms with Gasteiger partial charge in [0.15, 0.2) is 6.10 Å². The highest BCUT2D eigenvalue weighted by atomic mass is 35.5. The second-order valence-electron chi connectivity index (χ2n) is 5.24. The van der Waals surface area contributed by atoms with Crippen molar-refractivity contribution in [3.63, 3.8) is 0 Å². The molecule has 0 saturated carbocycles. The number of carbonyl (C=O) groups is 2. The molecule has 1 atom stereocenters. The number of carbonyl (C=O) groups excluding carboxylic acids is 2. The number of hydrogen-bond acceptors (Lipinski definition) is 3. The number of hydrogen-bond donors (Lipinski definition) is 3. The minimum Gasteiger partial charge on any atom is -0.479 e. The van der Waals surface area contributed by atoms with E-state index >= 15 is 0 Å². The van der Waals surface area contributed by atoms with Crippen molar-refractivity contribution >= 4 is 40.8 Å². The summed E-state index contributed by atoms with van der Waals surface area (Å²) < 4.78 is 5.55. The molecule has 0 spiro atoms. The van der Waals surface area contributed by atoms with Gasteiger partial charge in [0.25, 0.3) is 5.91 Å².